The maximum atomic E-state index is 12.1. The van der Waals surface area contributed by atoms with Gasteiger partial charge in [0.25, 0.3) is 0 Å². The molecule has 1 aliphatic heterocycles. The van der Waals surface area contributed by atoms with Gasteiger partial charge in [0.2, 0.25) is 6.79 Å². The number of amides is 1. The Kier molecular flexibility index (Phi) is 3.00. The van der Waals surface area contributed by atoms with E-state index in [0.717, 1.165) is 21.7 Å². The standard InChI is InChI=1S/C15H12N2O4S/c1-2-17-9-6-11-12(21-8-20-11)7-13(9)22-15(17)16-14(18)10-4-3-5-19-10/h3-7H,2,8H2,1H3. The Labute approximate surface area is 129 Å². The topological polar surface area (TPSA) is 66.0 Å². The maximum Gasteiger partial charge on any atom is 0.315 e. The molecular formula is C15H12N2O4S. The van der Waals surface area contributed by atoms with Crippen LogP contribution in [0.25, 0.3) is 10.2 Å². The number of furan rings is 1. The van der Waals surface area contributed by atoms with Crippen LogP contribution in [0.3, 0.4) is 0 Å². The van der Waals surface area contributed by atoms with Crippen molar-refractivity contribution in [3.63, 3.8) is 0 Å². The van der Waals surface area contributed by atoms with Crippen molar-refractivity contribution in [2.45, 2.75) is 13.5 Å². The Morgan fingerprint density at radius 3 is 2.91 bits per heavy atom. The molecule has 1 aromatic carbocycles. The summed E-state index contributed by atoms with van der Waals surface area (Å²) in [7, 11) is 0. The fraction of sp³-hybridized carbons (Fsp3) is 0.200. The molecule has 0 bridgehead atoms. The summed E-state index contributed by atoms with van der Waals surface area (Å²) in [5.74, 6) is 1.28. The minimum absolute atomic E-state index is 0.231. The van der Waals surface area contributed by atoms with Crippen LogP contribution in [0.4, 0.5) is 0 Å². The molecule has 0 unspecified atom stereocenters. The van der Waals surface area contributed by atoms with Crippen LogP contribution in [0, 0.1) is 0 Å². The number of benzene rings is 1. The lowest BCUT2D eigenvalue weighted by atomic mass is 10.3. The lowest BCUT2D eigenvalue weighted by Gasteiger charge is -2.01. The molecule has 0 spiro atoms. The van der Waals surface area contributed by atoms with E-state index in [9.17, 15) is 4.79 Å². The first-order valence-electron chi connectivity index (χ1n) is 6.82. The first-order valence-corrected chi connectivity index (χ1v) is 7.63. The van der Waals surface area contributed by atoms with Crippen molar-refractivity contribution in [3.8, 4) is 11.5 Å². The predicted octanol–water partition coefficient (Wildman–Crippen LogP) is 2.79. The van der Waals surface area contributed by atoms with Gasteiger partial charge in [0.05, 0.1) is 16.5 Å². The summed E-state index contributed by atoms with van der Waals surface area (Å²) in [4.78, 5) is 16.9. The van der Waals surface area contributed by atoms with Crippen molar-refractivity contribution >= 4 is 27.5 Å². The van der Waals surface area contributed by atoms with E-state index in [1.165, 1.54) is 17.6 Å². The minimum atomic E-state index is -0.390. The summed E-state index contributed by atoms with van der Waals surface area (Å²) < 4.78 is 18.9. The van der Waals surface area contributed by atoms with Crippen LogP contribution < -0.4 is 14.3 Å². The van der Waals surface area contributed by atoms with E-state index >= 15 is 0 Å². The van der Waals surface area contributed by atoms with Crippen LogP contribution in [-0.2, 0) is 6.54 Å². The molecule has 7 heteroatoms. The van der Waals surface area contributed by atoms with Gasteiger partial charge in [-0.3, -0.25) is 4.79 Å². The van der Waals surface area contributed by atoms with Gasteiger partial charge in [-0.05, 0) is 19.1 Å². The second-order valence-electron chi connectivity index (χ2n) is 4.70. The summed E-state index contributed by atoms with van der Waals surface area (Å²) in [6, 6.07) is 7.12. The molecule has 3 heterocycles. The molecule has 1 aliphatic rings. The number of aryl methyl sites for hydroxylation is 1. The van der Waals surface area contributed by atoms with Gasteiger partial charge in [0, 0.05) is 18.7 Å². The number of hydrogen-bond acceptors (Lipinski definition) is 5. The van der Waals surface area contributed by atoms with Gasteiger partial charge in [0.15, 0.2) is 22.1 Å². The number of rotatable bonds is 2. The SMILES string of the molecule is CCn1c(=NC(=O)c2ccco2)sc2cc3c(cc21)OCO3. The highest BCUT2D eigenvalue weighted by molar-refractivity contribution is 7.16. The second kappa shape index (κ2) is 5.03. The first kappa shape index (κ1) is 13.1. The quantitative estimate of drug-likeness (QED) is 0.729. The number of ether oxygens (including phenoxy) is 2. The Balaban J connectivity index is 1.89. The third-order valence-corrected chi connectivity index (χ3v) is 4.46. The molecule has 2 aromatic heterocycles. The van der Waals surface area contributed by atoms with E-state index in [-0.39, 0.29) is 12.6 Å². The van der Waals surface area contributed by atoms with Crippen molar-refractivity contribution in [1.82, 2.24) is 4.57 Å². The predicted molar refractivity (Wildman–Crippen MR) is 80.2 cm³/mol. The Morgan fingerprint density at radius 1 is 1.36 bits per heavy atom. The molecule has 0 atom stereocenters. The third kappa shape index (κ3) is 2.01. The van der Waals surface area contributed by atoms with Crippen molar-refractivity contribution in [2.24, 2.45) is 4.99 Å². The molecule has 22 heavy (non-hydrogen) atoms. The van der Waals surface area contributed by atoms with Crippen LogP contribution in [0.2, 0.25) is 0 Å². The zero-order valence-corrected chi connectivity index (χ0v) is 12.6. The molecule has 0 saturated heterocycles. The Bertz CT molecular complexity index is 921. The largest absolute Gasteiger partial charge is 0.459 e. The van der Waals surface area contributed by atoms with E-state index < -0.39 is 5.91 Å². The van der Waals surface area contributed by atoms with E-state index in [1.807, 2.05) is 23.6 Å². The average molecular weight is 316 g/mol. The smallest absolute Gasteiger partial charge is 0.315 e. The van der Waals surface area contributed by atoms with Crippen LogP contribution in [0.1, 0.15) is 17.5 Å². The molecule has 1 amide bonds. The number of aromatic nitrogens is 1. The van der Waals surface area contributed by atoms with Crippen molar-refractivity contribution in [1.29, 1.82) is 0 Å². The van der Waals surface area contributed by atoms with Crippen LogP contribution >= 0.6 is 11.3 Å². The van der Waals surface area contributed by atoms with Gasteiger partial charge in [-0.15, -0.1) is 0 Å². The molecule has 4 rings (SSSR count). The molecular weight excluding hydrogens is 304 g/mol. The highest BCUT2D eigenvalue weighted by Crippen LogP contribution is 2.36. The van der Waals surface area contributed by atoms with Crippen LogP contribution in [-0.4, -0.2) is 17.3 Å². The summed E-state index contributed by atoms with van der Waals surface area (Å²) in [5.41, 5.74) is 0.975. The number of carbonyl (C=O) groups is 1. The van der Waals surface area contributed by atoms with E-state index in [4.69, 9.17) is 13.9 Å². The van der Waals surface area contributed by atoms with Gasteiger partial charge >= 0.3 is 5.91 Å². The lowest BCUT2D eigenvalue weighted by Crippen LogP contribution is -2.15. The lowest BCUT2D eigenvalue weighted by molar-refractivity contribution is 0.0971. The average Bonchev–Trinajstić information content (AvgIpc) is 3.23. The minimum Gasteiger partial charge on any atom is -0.459 e. The first-order chi connectivity index (χ1) is 10.8. The number of fused-ring (bicyclic) bond motifs is 2. The van der Waals surface area contributed by atoms with Crippen LogP contribution in [0.15, 0.2) is 39.9 Å². The molecule has 0 aliphatic carbocycles. The summed E-state index contributed by atoms with van der Waals surface area (Å²) in [6.07, 6.45) is 1.46. The monoisotopic (exact) mass is 316 g/mol. The Hall–Kier alpha value is -2.54. The molecule has 0 radical (unpaired) electrons. The Morgan fingerprint density at radius 2 is 2.18 bits per heavy atom. The third-order valence-electron chi connectivity index (χ3n) is 3.42. The van der Waals surface area contributed by atoms with Gasteiger partial charge in [0.1, 0.15) is 0 Å². The van der Waals surface area contributed by atoms with E-state index in [2.05, 4.69) is 4.99 Å². The van der Waals surface area contributed by atoms with Crippen LogP contribution in [0.5, 0.6) is 11.5 Å². The van der Waals surface area contributed by atoms with E-state index in [0.29, 0.717) is 11.3 Å². The van der Waals surface area contributed by atoms with Gasteiger partial charge in [-0.25, -0.2) is 0 Å². The number of thiazole rings is 1. The molecule has 0 saturated carbocycles. The summed E-state index contributed by atoms with van der Waals surface area (Å²) in [5, 5.41) is 0. The molecule has 0 N–H and O–H groups in total. The van der Waals surface area contributed by atoms with Crippen molar-refractivity contribution < 1.29 is 18.7 Å². The number of hydrogen-bond donors (Lipinski definition) is 0. The molecule has 112 valence electrons. The van der Waals surface area contributed by atoms with Crippen molar-refractivity contribution in [2.75, 3.05) is 6.79 Å². The second-order valence-corrected chi connectivity index (χ2v) is 5.71. The fourth-order valence-electron chi connectivity index (χ4n) is 2.39. The summed E-state index contributed by atoms with van der Waals surface area (Å²) >= 11 is 1.44. The van der Waals surface area contributed by atoms with Gasteiger partial charge in [-0.1, -0.05) is 11.3 Å². The number of carbonyl (C=O) groups excluding carboxylic acids is 1. The van der Waals surface area contributed by atoms with Gasteiger partial charge < -0.3 is 18.5 Å². The summed E-state index contributed by atoms with van der Waals surface area (Å²) in [6.45, 7) is 2.95. The highest BCUT2D eigenvalue weighted by atomic mass is 32.1. The zero-order chi connectivity index (χ0) is 15.1. The maximum absolute atomic E-state index is 12.1. The van der Waals surface area contributed by atoms with Crippen molar-refractivity contribution in [3.05, 3.63) is 41.1 Å². The molecule has 3 aromatic rings. The number of nitrogens with zero attached hydrogens (tertiary/aromatic N) is 2. The fourth-order valence-corrected chi connectivity index (χ4v) is 3.50. The normalized spacial score (nSPS) is 14.0. The molecule has 6 nitrogen and oxygen atoms in total. The molecule has 0 fully saturated rings. The van der Waals surface area contributed by atoms with E-state index in [1.54, 1.807) is 12.1 Å². The highest BCUT2D eigenvalue weighted by Gasteiger charge is 2.17. The van der Waals surface area contributed by atoms with Gasteiger partial charge in [-0.2, -0.15) is 4.99 Å². The zero-order valence-electron chi connectivity index (χ0n) is 11.7.